The Morgan fingerprint density at radius 3 is 2.82 bits per heavy atom. The molecule has 3 nitrogen and oxygen atoms in total. The van der Waals surface area contributed by atoms with Gasteiger partial charge in [-0.2, -0.15) is 0 Å². The number of nitrogens with two attached hydrogens (primary N) is 1. The molecule has 0 aliphatic carbocycles. The molecule has 2 atom stereocenters. The molecule has 0 aromatic heterocycles. The minimum absolute atomic E-state index is 0.223. The molecule has 0 radical (unpaired) electrons. The lowest BCUT2D eigenvalue weighted by Gasteiger charge is -2.23. The van der Waals surface area contributed by atoms with Crippen LogP contribution in [0.1, 0.15) is 23.6 Å². The predicted octanol–water partition coefficient (Wildman–Crippen LogP) is 2.31. The highest BCUT2D eigenvalue weighted by Crippen LogP contribution is 2.42. The molecular formula is C13H19ClN2O. The van der Waals surface area contributed by atoms with Crippen molar-refractivity contribution >= 4 is 11.6 Å². The summed E-state index contributed by atoms with van der Waals surface area (Å²) >= 11 is 5.99. The van der Waals surface area contributed by atoms with E-state index >= 15 is 0 Å². The summed E-state index contributed by atoms with van der Waals surface area (Å²) in [6.45, 7) is 3.68. The van der Waals surface area contributed by atoms with E-state index < -0.39 is 0 Å². The second-order valence-corrected chi connectivity index (χ2v) is 5.33. The minimum Gasteiger partial charge on any atom is -0.506 e. The maximum Gasteiger partial charge on any atom is 0.139 e. The third-order valence-electron chi connectivity index (χ3n) is 3.69. The number of phenolic OH excluding ortho intramolecular Hbond substituents is 1. The van der Waals surface area contributed by atoms with E-state index in [2.05, 4.69) is 11.9 Å². The molecule has 1 aromatic rings. The SMILES string of the molecule is Cc1ccc(Cl)c(O)c1C1CC(CN)CN1C. The van der Waals surface area contributed by atoms with Crippen molar-refractivity contribution in [2.45, 2.75) is 19.4 Å². The van der Waals surface area contributed by atoms with E-state index in [0.29, 0.717) is 17.5 Å². The zero-order valence-corrected chi connectivity index (χ0v) is 11.0. The van der Waals surface area contributed by atoms with Gasteiger partial charge < -0.3 is 10.8 Å². The van der Waals surface area contributed by atoms with E-state index in [1.807, 2.05) is 13.0 Å². The van der Waals surface area contributed by atoms with Crippen molar-refractivity contribution in [3.63, 3.8) is 0 Å². The number of phenols is 1. The fourth-order valence-corrected chi connectivity index (χ4v) is 2.88. The first-order valence-corrected chi connectivity index (χ1v) is 6.30. The van der Waals surface area contributed by atoms with Crippen LogP contribution in [0, 0.1) is 12.8 Å². The smallest absolute Gasteiger partial charge is 0.139 e. The lowest BCUT2D eigenvalue weighted by molar-refractivity contribution is 0.305. The largest absolute Gasteiger partial charge is 0.506 e. The van der Waals surface area contributed by atoms with Crippen molar-refractivity contribution < 1.29 is 5.11 Å². The van der Waals surface area contributed by atoms with Crippen LogP contribution in [0.3, 0.4) is 0 Å². The molecule has 1 heterocycles. The average Bonchev–Trinajstić information content (AvgIpc) is 2.66. The van der Waals surface area contributed by atoms with Gasteiger partial charge in [-0.1, -0.05) is 17.7 Å². The molecule has 94 valence electrons. The molecule has 17 heavy (non-hydrogen) atoms. The molecule has 1 saturated heterocycles. The van der Waals surface area contributed by atoms with Crippen LogP contribution in [-0.4, -0.2) is 30.1 Å². The number of benzene rings is 1. The summed E-state index contributed by atoms with van der Waals surface area (Å²) in [5, 5.41) is 10.6. The van der Waals surface area contributed by atoms with Gasteiger partial charge in [-0.05, 0) is 44.5 Å². The Morgan fingerprint density at radius 1 is 1.53 bits per heavy atom. The van der Waals surface area contributed by atoms with Crippen molar-refractivity contribution in [3.8, 4) is 5.75 Å². The van der Waals surface area contributed by atoms with Gasteiger partial charge >= 0.3 is 0 Å². The first kappa shape index (κ1) is 12.7. The highest BCUT2D eigenvalue weighted by molar-refractivity contribution is 6.32. The quantitative estimate of drug-likeness (QED) is 0.852. The van der Waals surface area contributed by atoms with E-state index in [0.717, 1.165) is 24.1 Å². The molecule has 3 N–H and O–H groups in total. The molecule has 4 heteroatoms. The Hall–Kier alpha value is -0.770. The molecule has 0 spiro atoms. The second-order valence-electron chi connectivity index (χ2n) is 4.92. The first-order chi connectivity index (χ1) is 8.04. The van der Waals surface area contributed by atoms with Gasteiger partial charge in [-0.15, -0.1) is 0 Å². The summed E-state index contributed by atoms with van der Waals surface area (Å²) in [7, 11) is 2.07. The fraction of sp³-hybridized carbons (Fsp3) is 0.538. The zero-order valence-electron chi connectivity index (χ0n) is 10.3. The third kappa shape index (κ3) is 2.28. The lowest BCUT2D eigenvalue weighted by atomic mass is 9.95. The molecule has 2 rings (SSSR count). The van der Waals surface area contributed by atoms with Gasteiger partial charge in [-0.25, -0.2) is 0 Å². The fourth-order valence-electron chi connectivity index (χ4n) is 2.72. The Labute approximate surface area is 107 Å². The van der Waals surface area contributed by atoms with Crippen molar-refractivity contribution in [2.75, 3.05) is 20.1 Å². The Bertz CT molecular complexity index is 422. The summed E-state index contributed by atoms with van der Waals surface area (Å²) in [4.78, 5) is 2.25. The third-order valence-corrected chi connectivity index (χ3v) is 3.99. The highest BCUT2D eigenvalue weighted by atomic mass is 35.5. The number of nitrogens with zero attached hydrogens (tertiary/aromatic N) is 1. The van der Waals surface area contributed by atoms with Gasteiger partial charge in [-0.3, -0.25) is 4.90 Å². The normalized spacial score (nSPS) is 25.4. The number of hydrogen-bond acceptors (Lipinski definition) is 3. The molecule has 1 aliphatic heterocycles. The summed E-state index contributed by atoms with van der Waals surface area (Å²) in [6.07, 6.45) is 0.988. The van der Waals surface area contributed by atoms with Crippen LogP contribution < -0.4 is 5.73 Å². The average molecular weight is 255 g/mol. The Balaban J connectivity index is 2.37. The van der Waals surface area contributed by atoms with E-state index in [4.69, 9.17) is 17.3 Å². The zero-order chi connectivity index (χ0) is 12.6. The summed E-state index contributed by atoms with van der Waals surface area (Å²) in [5.41, 5.74) is 7.77. The van der Waals surface area contributed by atoms with E-state index in [9.17, 15) is 5.11 Å². The van der Waals surface area contributed by atoms with Crippen molar-refractivity contribution in [2.24, 2.45) is 11.7 Å². The number of aryl methyl sites for hydroxylation is 1. The van der Waals surface area contributed by atoms with E-state index in [-0.39, 0.29) is 11.8 Å². The predicted molar refractivity (Wildman–Crippen MR) is 70.4 cm³/mol. The van der Waals surface area contributed by atoms with Gasteiger partial charge in [0.1, 0.15) is 5.75 Å². The van der Waals surface area contributed by atoms with Crippen LogP contribution in [0.4, 0.5) is 0 Å². The van der Waals surface area contributed by atoms with Crippen LogP contribution in [0.25, 0.3) is 0 Å². The first-order valence-electron chi connectivity index (χ1n) is 5.92. The summed E-state index contributed by atoms with van der Waals surface area (Å²) in [6, 6.07) is 3.92. The standard InChI is InChI=1S/C13H19ClN2O/c1-8-3-4-10(14)13(17)12(8)11-5-9(6-15)7-16(11)2/h3-4,9,11,17H,5-7,15H2,1-2H3. The summed E-state index contributed by atoms with van der Waals surface area (Å²) < 4.78 is 0. The van der Waals surface area contributed by atoms with Gasteiger partial charge in [0.15, 0.2) is 0 Å². The molecular weight excluding hydrogens is 236 g/mol. The second kappa shape index (κ2) is 4.84. The van der Waals surface area contributed by atoms with Gasteiger partial charge in [0.2, 0.25) is 0 Å². The Kier molecular flexibility index (Phi) is 3.61. The van der Waals surface area contributed by atoms with Crippen molar-refractivity contribution in [1.29, 1.82) is 0 Å². The van der Waals surface area contributed by atoms with Crippen molar-refractivity contribution in [3.05, 3.63) is 28.3 Å². The summed E-state index contributed by atoms with van der Waals surface area (Å²) in [5.74, 6) is 0.726. The van der Waals surface area contributed by atoms with Crippen molar-refractivity contribution in [1.82, 2.24) is 4.90 Å². The topological polar surface area (TPSA) is 49.5 Å². The molecule has 1 aliphatic rings. The molecule has 1 aromatic carbocycles. The number of halogens is 1. The number of likely N-dealkylation sites (tertiary alicyclic amines) is 1. The number of aromatic hydroxyl groups is 1. The van der Waals surface area contributed by atoms with Gasteiger partial charge in [0, 0.05) is 18.2 Å². The van der Waals surface area contributed by atoms with Crippen LogP contribution >= 0.6 is 11.6 Å². The van der Waals surface area contributed by atoms with Gasteiger partial charge in [0.25, 0.3) is 0 Å². The monoisotopic (exact) mass is 254 g/mol. The van der Waals surface area contributed by atoms with E-state index in [1.54, 1.807) is 6.07 Å². The highest BCUT2D eigenvalue weighted by Gasteiger charge is 2.32. The van der Waals surface area contributed by atoms with Crippen LogP contribution in [0.15, 0.2) is 12.1 Å². The molecule has 2 unspecified atom stereocenters. The number of rotatable bonds is 2. The molecule has 0 bridgehead atoms. The minimum atomic E-state index is 0.223. The molecule has 0 saturated carbocycles. The molecule has 1 fully saturated rings. The van der Waals surface area contributed by atoms with Gasteiger partial charge in [0.05, 0.1) is 5.02 Å². The molecule has 0 amide bonds. The lowest BCUT2D eigenvalue weighted by Crippen LogP contribution is -2.21. The Morgan fingerprint density at radius 2 is 2.24 bits per heavy atom. The van der Waals surface area contributed by atoms with E-state index in [1.165, 1.54) is 0 Å². The van der Waals surface area contributed by atoms with Crippen LogP contribution in [-0.2, 0) is 0 Å². The maximum absolute atomic E-state index is 10.1. The maximum atomic E-state index is 10.1. The van der Waals surface area contributed by atoms with Crippen LogP contribution in [0.2, 0.25) is 5.02 Å². The van der Waals surface area contributed by atoms with Crippen LogP contribution in [0.5, 0.6) is 5.75 Å². The number of hydrogen-bond donors (Lipinski definition) is 2.